The number of rotatable bonds is 2. The molecule has 2 N–H and O–H groups in total. The fourth-order valence-electron chi connectivity index (χ4n) is 4.22. The zero-order valence-electron chi connectivity index (χ0n) is 15.9. The van der Waals surface area contributed by atoms with Gasteiger partial charge in [0.2, 0.25) is 0 Å². The molecule has 1 aliphatic carbocycles. The molecule has 3 unspecified atom stereocenters. The molecule has 2 aromatic rings. The van der Waals surface area contributed by atoms with Crippen LogP contribution in [0.5, 0.6) is 0 Å². The summed E-state index contributed by atoms with van der Waals surface area (Å²) in [5.41, 5.74) is 3.45. The summed E-state index contributed by atoms with van der Waals surface area (Å²) in [5.74, 6) is 0.314. The van der Waals surface area contributed by atoms with Gasteiger partial charge in [0.15, 0.2) is 0 Å². The zero-order chi connectivity index (χ0) is 19.2. The van der Waals surface area contributed by atoms with Gasteiger partial charge in [0.05, 0.1) is 17.3 Å². The first-order valence-corrected chi connectivity index (χ1v) is 9.47. The highest BCUT2D eigenvalue weighted by molar-refractivity contribution is 6.01. The first kappa shape index (κ1) is 17.8. The highest BCUT2D eigenvalue weighted by Gasteiger charge is 2.39. The first-order chi connectivity index (χ1) is 12.8. The lowest BCUT2D eigenvalue weighted by Gasteiger charge is -2.38. The largest absolute Gasteiger partial charge is 0.377 e. The lowest BCUT2D eigenvalue weighted by molar-refractivity contribution is 0.0920. The summed E-state index contributed by atoms with van der Waals surface area (Å²) in [6.07, 6.45) is 5.43. The van der Waals surface area contributed by atoms with Crippen molar-refractivity contribution in [2.45, 2.75) is 44.7 Å². The Hall–Kier alpha value is -2.62. The molecule has 4 rings (SSSR count). The van der Waals surface area contributed by atoms with Crippen molar-refractivity contribution in [2.75, 3.05) is 5.32 Å². The summed E-state index contributed by atoms with van der Waals surface area (Å²) in [4.78, 5) is 12.9. The van der Waals surface area contributed by atoms with Gasteiger partial charge in [0, 0.05) is 11.5 Å². The monoisotopic (exact) mass is 364 g/mol. The molecule has 1 amide bonds. The molecule has 140 valence electrons. The summed E-state index contributed by atoms with van der Waals surface area (Å²) in [5, 5.41) is 6.68. The van der Waals surface area contributed by atoms with Crippen LogP contribution in [0.2, 0.25) is 0 Å². The number of hydrogen-bond donors (Lipinski definition) is 2. The molecule has 0 spiro atoms. The van der Waals surface area contributed by atoms with Gasteiger partial charge >= 0.3 is 0 Å². The van der Waals surface area contributed by atoms with Crippen LogP contribution in [0.1, 0.15) is 60.6 Å². The standard InChI is InChI=1S/C23H25FN2O/c1-23(2,3)26-22(27)19-9-5-8-18-16-6-4-7-17(16)20(25-21(18)19)14-10-12-15(24)13-11-14/h4-6,8-13,16-17,20,25H,7H2,1-3H3,(H,26,27). The number of benzene rings is 2. The lowest BCUT2D eigenvalue weighted by Crippen LogP contribution is -2.41. The van der Waals surface area contributed by atoms with Gasteiger partial charge in [-0.3, -0.25) is 4.79 Å². The highest BCUT2D eigenvalue weighted by atomic mass is 19.1. The minimum atomic E-state index is -0.305. The molecular formula is C23H25FN2O. The van der Waals surface area contributed by atoms with E-state index in [0.29, 0.717) is 11.5 Å². The number of para-hydroxylation sites is 1. The second-order valence-electron chi connectivity index (χ2n) is 8.50. The van der Waals surface area contributed by atoms with Gasteiger partial charge in [-0.2, -0.15) is 0 Å². The minimum absolute atomic E-state index is 0.0432. The third-order valence-electron chi connectivity index (χ3n) is 5.36. The molecule has 1 heterocycles. The normalized spacial score (nSPS) is 23.3. The molecule has 0 fully saturated rings. The van der Waals surface area contributed by atoms with Crippen molar-refractivity contribution in [3.63, 3.8) is 0 Å². The maximum atomic E-state index is 13.4. The summed E-state index contributed by atoms with van der Waals surface area (Å²) < 4.78 is 13.4. The number of amides is 1. The van der Waals surface area contributed by atoms with E-state index < -0.39 is 0 Å². The predicted octanol–water partition coefficient (Wildman–Crippen LogP) is 5.18. The second-order valence-corrected chi connectivity index (χ2v) is 8.50. The quantitative estimate of drug-likeness (QED) is 0.721. The molecule has 0 aromatic heterocycles. The number of halogens is 1. The number of carbonyl (C=O) groups is 1. The number of hydrogen-bond acceptors (Lipinski definition) is 2. The van der Waals surface area contributed by atoms with Crippen LogP contribution in [0.4, 0.5) is 10.1 Å². The van der Waals surface area contributed by atoms with E-state index in [0.717, 1.165) is 23.2 Å². The lowest BCUT2D eigenvalue weighted by atomic mass is 9.76. The molecule has 0 radical (unpaired) electrons. The Morgan fingerprint density at radius 1 is 1.15 bits per heavy atom. The molecular weight excluding hydrogens is 339 g/mol. The first-order valence-electron chi connectivity index (χ1n) is 9.47. The van der Waals surface area contributed by atoms with Gasteiger partial charge < -0.3 is 10.6 Å². The molecule has 0 saturated heterocycles. The Morgan fingerprint density at radius 3 is 2.59 bits per heavy atom. The van der Waals surface area contributed by atoms with Crippen molar-refractivity contribution in [1.82, 2.24) is 5.32 Å². The third-order valence-corrected chi connectivity index (χ3v) is 5.36. The highest BCUT2D eigenvalue weighted by Crippen LogP contribution is 2.50. The Labute approximate surface area is 159 Å². The van der Waals surface area contributed by atoms with Gasteiger partial charge in [0.25, 0.3) is 5.91 Å². The van der Waals surface area contributed by atoms with Crippen LogP contribution in [-0.2, 0) is 0 Å². The molecule has 3 atom stereocenters. The topological polar surface area (TPSA) is 41.1 Å². The number of nitrogens with one attached hydrogen (secondary N) is 2. The maximum Gasteiger partial charge on any atom is 0.253 e. The summed E-state index contributed by atoms with van der Waals surface area (Å²) in [7, 11) is 0. The number of carbonyl (C=O) groups excluding carboxylic acids is 1. The van der Waals surface area contributed by atoms with Gasteiger partial charge in [-0.05, 0) is 62.4 Å². The molecule has 2 aromatic carbocycles. The van der Waals surface area contributed by atoms with Crippen molar-refractivity contribution in [2.24, 2.45) is 5.92 Å². The average molecular weight is 364 g/mol. The van der Waals surface area contributed by atoms with Crippen LogP contribution < -0.4 is 10.6 Å². The van der Waals surface area contributed by atoms with Crippen molar-refractivity contribution < 1.29 is 9.18 Å². The molecule has 2 aliphatic rings. The van der Waals surface area contributed by atoms with Gasteiger partial charge in [0.1, 0.15) is 5.82 Å². The molecule has 3 nitrogen and oxygen atoms in total. The van der Waals surface area contributed by atoms with E-state index in [9.17, 15) is 9.18 Å². The van der Waals surface area contributed by atoms with Crippen LogP contribution in [0, 0.1) is 11.7 Å². The van der Waals surface area contributed by atoms with Gasteiger partial charge in [-0.15, -0.1) is 0 Å². The minimum Gasteiger partial charge on any atom is -0.377 e. The molecule has 0 saturated carbocycles. The fourth-order valence-corrected chi connectivity index (χ4v) is 4.22. The molecule has 4 heteroatoms. The summed E-state index contributed by atoms with van der Waals surface area (Å²) in [6.45, 7) is 5.93. The number of anilines is 1. The molecule has 0 bridgehead atoms. The van der Waals surface area contributed by atoms with E-state index in [2.05, 4.69) is 28.9 Å². The van der Waals surface area contributed by atoms with E-state index >= 15 is 0 Å². The Morgan fingerprint density at radius 2 is 1.89 bits per heavy atom. The number of fused-ring (bicyclic) bond motifs is 3. The average Bonchev–Trinajstić information content (AvgIpc) is 3.10. The van der Waals surface area contributed by atoms with Crippen LogP contribution in [0.25, 0.3) is 0 Å². The van der Waals surface area contributed by atoms with Crippen LogP contribution in [-0.4, -0.2) is 11.4 Å². The van der Waals surface area contributed by atoms with E-state index in [1.807, 2.05) is 45.0 Å². The fraction of sp³-hybridized carbons (Fsp3) is 0.348. The van der Waals surface area contributed by atoms with E-state index in [-0.39, 0.29) is 29.2 Å². The molecule has 1 aliphatic heterocycles. The zero-order valence-corrected chi connectivity index (χ0v) is 15.9. The third kappa shape index (κ3) is 3.36. The van der Waals surface area contributed by atoms with Crippen molar-refractivity contribution in [3.05, 3.63) is 77.1 Å². The van der Waals surface area contributed by atoms with E-state index in [1.165, 1.54) is 12.1 Å². The Bertz CT molecular complexity index is 896. The maximum absolute atomic E-state index is 13.4. The Kier molecular flexibility index (Phi) is 4.29. The van der Waals surface area contributed by atoms with Crippen molar-refractivity contribution >= 4 is 11.6 Å². The second kappa shape index (κ2) is 6.52. The Balaban J connectivity index is 1.76. The van der Waals surface area contributed by atoms with Crippen molar-refractivity contribution in [1.29, 1.82) is 0 Å². The van der Waals surface area contributed by atoms with Gasteiger partial charge in [-0.25, -0.2) is 4.39 Å². The van der Waals surface area contributed by atoms with E-state index in [1.54, 1.807) is 0 Å². The van der Waals surface area contributed by atoms with E-state index in [4.69, 9.17) is 0 Å². The van der Waals surface area contributed by atoms with Crippen LogP contribution in [0.15, 0.2) is 54.6 Å². The van der Waals surface area contributed by atoms with Gasteiger partial charge in [-0.1, -0.05) is 36.4 Å². The number of allylic oxidation sites excluding steroid dienone is 2. The predicted molar refractivity (Wildman–Crippen MR) is 106 cm³/mol. The summed E-state index contributed by atoms with van der Waals surface area (Å²) in [6, 6.07) is 12.7. The smallest absolute Gasteiger partial charge is 0.253 e. The van der Waals surface area contributed by atoms with Crippen LogP contribution in [0.3, 0.4) is 0 Å². The SMILES string of the molecule is CC(C)(C)NC(=O)c1cccc2c1NC(c1ccc(F)cc1)C1CC=CC21. The molecule has 27 heavy (non-hydrogen) atoms. The van der Waals surface area contributed by atoms with Crippen LogP contribution >= 0.6 is 0 Å². The summed E-state index contributed by atoms with van der Waals surface area (Å²) >= 11 is 0. The van der Waals surface area contributed by atoms with Crippen molar-refractivity contribution in [3.8, 4) is 0 Å².